The molecule has 2 heterocycles. The highest BCUT2D eigenvalue weighted by Gasteiger charge is 2.07. The standard InChI is InChI=1S/C14H16N2O4/c1-10-7-12(19-2)8-13(17)16(10)5-4-15-14(18)11-3-6-20-9-11/h3,6-9H,4-5H2,1-2H3,(H,15,18). The van der Waals surface area contributed by atoms with Crippen LogP contribution in [0.3, 0.4) is 0 Å². The summed E-state index contributed by atoms with van der Waals surface area (Å²) in [6.45, 7) is 2.58. The number of nitrogens with one attached hydrogen (secondary N) is 1. The van der Waals surface area contributed by atoms with Gasteiger partial charge in [0.05, 0.1) is 18.9 Å². The Kier molecular flexibility index (Phi) is 4.24. The molecule has 106 valence electrons. The fourth-order valence-electron chi connectivity index (χ4n) is 1.88. The van der Waals surface area contributed by atoms with Gasteiger partial charge in [-0.1, -0.05) is 0 Å². The Labute approximate surface area is 116 Å². The molecule has 0 aliphatic carbocycles. The maximum Gasteiger partial charge on any atom is 0.254 e. The molecule has 1 amide bonds. The van der Waals surface area contributed by atoms with Crippen LogP contribution in [0.25, 0.3) is 0 Å². The topological polar surface area (TPSA) is 73.5 Å². The van der Waals surface area contributed by atoms with Gasteiger partial charge in [-0.15, -0.1) is 0 Å². The van der Waals surface area contributed by atoms with Crippen molar-refractivity contribution in [2.75, 3.05) is 13.7 Å². The van der Waals surface area contributed by atoms with Crippen LogP contribution < -0.4 is 15.6 Å². The summed E-state index contributed by atoms with van der Waals surface area (Å²) in [5.74, 6) is 0.309. The second-order valence-corrected chi connectivity index (χ2v) is 4.29. The number of aryl methyl sites for hydroxylation is 1. The van der Waals surface area contributed by atoms with Gasteiger partial charge in [0.25, 0.3) is 11.5 Å². The second kappa shape index (κ2) is 6.10. The molecule has 0 unspecified atom stereocenters. The van der Waals surface area contributed by atoms with Crippen molar-refractivity contribution in [1.82, 2.24) is 9.88 Å². The van der Waals surface area contributed by atoms with Crippen molar-refractivity contribution in [2.24, 2.45) is 0 Å². The van der Waals surface area contributed by atoms with Crippen LogP contribution >= 0.6 is 0 Å². The van der Waals surface area contributed by atoms with E-state index in [0.717, 1.165) is 5.69 Å². The molecule has 0 fully saturated rings. The first-order valence-corrected chi connectivity index (χ1v) is 6.17. The molecule has 2 rings (SSSR count). The zero-order valence-electron chi connectivity index (χ0n) is 11.4. The fraction of sp³-hybridized carbons (Fsp3) is 0.286. The molecule has 0 bridgehead atoms. The molecule has 6 heteroatoms. The van der Waals surface area contributed by atoms with Crippen molar-refractivity contribution in [2.45, 2.75) is 13.5 Å². The summed E-state index contributed by atoms with van der Waals surface area (Å²) in [6, 6.07) is 4.78. The Morgan fingerprint density at radius 3 is 2.85 bits per heavy atom. The molecule has 0 aliphatic rings. The minimum absolute atomic E-state index is 0.153. The van der Waals surface area contributed by atoms with Gasteiger partial charge in [0.2, 0.25) is 0 Å². The van der Waals surface area contributed by atoms with E-state index in [0.29, 0.717) is 24.4 Å². The average molecular weight is 276 g/mol. The van der Waals surface area contributed by atoms with Crippen LogP contribution in [0.2, 0.25) is 0 Å². The monoisotopic (exact) mass is 276 g/mol. The van der Waals surface area contributed by atoms with Crippen molar-refractivity contribution < 1.29 is 13.9 Å². The van der Waals surface area contributed by atoms with E-state index in [9.17, 15) is 9.59 Å². The normalized spacial score (nSPS) is 10.3. The first-order chi connectivity index (χ1) is 9.61. The molecule has 0 spiro atoms. The average Bonchev–Trinajstić information content (AvgIpc) is 2.95. The van der Waals surface area contributed by atoms with E-state index in [4.69, 9.17) is 9.15 Å². The molecule has 2 aromatic rings. The highest BCUT2D eigenvalue weighted by molar-refractivity contribution is 5.93. The summed E-state index contributed by atoms with van der Waals surface area (Å²) in [5.41, 5.74) is 1.09. The van der Waals surface area contributed by atoms with Gasteiger partial charge < -0.3 is 19.0 Å². The Bertz CT molecular complexity index is 644. The molecule has 1 N–H and O–H groups in total. The van der Waals surface area contributed by atoms with Crippen LogP contribution in [0, 0.1) is 6.92 Å². The zero-order valence-corrected chi connectivity index (χ0v) is 11.4. The summed E-state index contributed by atoms with van der Waals surface area (Å²) in [6.07, 6.45) is 2.81. The van der Waals surface area contributed by atoms with E-state index in [1.54, 1.807) is 16.7 Å². The third-order valence-corrected chi connectivity index (χ3v) is 2.95. The molecule has 0 atom stereocenters. The number of pyridine rings is 1. The number of ether oxygens (including phenoxy) is 1. The van der Waals surface area contributed by atoms with Crippen LogP contribution in [0.4, 0.5) is 0 Å². The number of hydrogen-bond acceptors (Lipinski definition) is 4. The zero-order chi connectivity index (χ0) is 14.5. The molecule has 0 aromatic carbocycles. The highest BCUT2D eigenvalue weighted by atomic mass is 16.5. The number of carbonyl (C=O) groups is 1. The molecular weight excluding hydrogens is 260 g/mol. The van der Waals surface area contributed by atoms with E-state index in [2.05, 4.69) is 5.32 Å². The van der Waals surface area contributed by atoms with Gasteiger partial charge in [0.15, 0.2) is 0 Å². The van der Waals surface area contributed by atoms with Crippen LogP contribution in [0.5, 0.6) is 5.75 Å². The van der Waals surface area contributed by atoms with Crippen LogP contribution in [0.15, 0.2) is 39.9 Å². The largest absolute Gasteiger partial charge is 0.496 e. The second-order valence-electron chi connectivity index (χ2n) is 4.29. The van der Waals surface area contributed by atoms with E-state index in [1.807, 2.05) is 6.92 Å². The predicted octanol–water partition coefficient (Wildman–Crippen LogP) is 1.19. The smallest absolute Gasteiger partial charge is 0.254 e. The lowest BCUT2D eigenvalue weighted by Crippen LogP contribution is -2.31. The number of aromatic nitrogens is 1. The summed E-state index contributed by atoms with van der Waals surface area (Å²) in [5, 5.41) is 2.73. The number of rotatable bonds is 5. The number of amides is 1. The number of hydrogen-bond donors (Lipinski definition) is 1. The van der Waals surface area contributed by atoms with Crippen molar-refractivity contribution in [1.29, 1.82) is 0 Å². The van der Waals surface area contributed by atoms with Crippen LogP contribution in [-0.2, 0) is 6.54 Å². The molecule has 6 nitrogen and oxygen atoms in total. The van der Waals surface area contributed by atoms with Crippen LogP contribution in [0.1, 0.15) is 16.1 Å². The molecule has 0 radical (unpaired) electrons. The minimum atomic E-state index is -0.224. The Morgan fingerprint density at radius 2 is 2.25 bits per heavy atom. The predicted molar refractivity (Wildman–Crippen MR) is 73.0 cm³/mol. The van der Waals surface area contributed by atoms with Gasteiger partial charge in [0.1, 0.15) is 12.0 Å². The van der Waals surface area contributed by atoms with E-state index < -0.39 is 0 Å². The lowest BCUT2D eigenvalue weighted by Gasteiger charge is -2.11. The molecule has 20 heavy (non-hydrogen) atoms. The van der Waals surface area contributed by atoms with Crippen molar-refractivity contribution >= 4 is 5.91 Å². The SMILES string of the molecule is COc1cc(C)n(CCNC(=O)c2ccoc2)c(=O)c1. The number of furan rings is 1. The van der Waals surface area contributed by atoms with E-state index >= 15 is 0 Å². The Morgan fingerprint density at radius 1 is 1.45 bits per heavy atom. The number of nitrogens with zero attached hydrogens (tertiary/aromatic N) is 1. The number of carbonyl (C=O) groups excluding carboxylic acids is 1. The third kappa shape index (κ3) is 3.09. The van der Waals surface area contributed by atoms with Gasteiger partial charge in [-0.25, -0.2) is 0 Å². The molecular formula is C14H16N2O4. The van der Waals surface area contributed by atoms with Crippen molar-refractivity contribution in [3.05, 3.63) is 52.3 Å². The Balaban J connectivity index is 1.98. The van der Waals surface area contributed by atoms with E-state index in [1.165, 1.54) is 25.7 Å². The molecule has 2 aromatic heterocycles. The van der Waals surface area contributed by atoms with Gasteiger partial charge in [-0.2, -0.15) is 0 Å². The number of methoxy groups -OCH3 is 1. The molecule has 0 saturated heterocycles. The van der Waals surface area contributed by atoms with Gasteiger partial charge in [-0.05, 0) is 19.1 Å². The summed E-state index contributed by atoms with van der Waals surface area (Å²) < 4.78 is 11.4. The quantitative estimate of drug-likeness (QED) is 0.890. The Hall–Kier alpha value is -2.50. The first kappa shape index (κ1) is 13.9. The first-order valence-electron chi connectivity index (χ1n) is 6.17. The molecule has 0 saturated carbocycles. The van der Waals surface area contributed by atoms with Crippen LogP contribution in [-0.4, -0.2) is 24.1 Å². The summed E-state index contributed by atoms with van der Waals surface area (Å²) in [7, 11) is 1.52. The molecule has 0 aliphatic heterocycles. The fourth-order valence-corrected chi connectivity index (χ4v) is 1.88. The third-order valence-electron chi connectivity index (χ3n) is 2.95. The van der Waals surface area contributed by atoms with Gasteiger partial charge in [-0.3, -0.25) is 9.59 Å². The maximum absolute atomic E-state index is 11.9. The van der Waals surface area contributed by atoms with E-state index in [-0.39, 0.29) is 11.5 Å². The summed E-state index contributed by atoms with van der Waals surface area (Å²) in [4.78, 5) is 23.6. The lowest BCUT2D eigenvalue weighted by atomic mass is 10.3. The van der Waals surface area contributed by atoms with Gasteiger partial charge >= 0.3 is 0 Å². The van der Waals surface area contributed by atoms with Gasteiger partial charge in [0, 0.05) is 24.8 Å². The van der Waals surface area contributed by atoms with Crippen molar-refractivity contribution in [3.8, 4) is 5.75 Å². The highest BCUT2D eigenvalue weighted by Crippen LogP contribution is 2.08. The maximum atomic E-state index is 11.9. The lowest BCUT2D eigenvalue weighted by molar-refractivity contribution is 0.0951. The summed E-state index contributed by atoms with van der Waals surface area (Å²) >= 11 is 0. The van der Waals surface area contributed by atoms with Crippen molar-refractivity contribution in [3.63, 3.8) is 0 Å². The minimum Gasteiger partial charge on any atom is -0.496 e.